The Labute approximate surface area is 93.7 Å². The Morgan fingerprint density at radius 2 is 2.12 bits per heavy atom. The van der Waals surface area contributed by atoms with Crippen LogP contribution in [-0.2, 0) is 4.79 Å². The topological polar surface area (TPSA) is 84.3 Å². The van der Waals surface area contributed by atoms with Crippen LogP contribution in [0.4, 0.5) is 5.95 Å². The summed E-state index contributed by atoms with van der Waals surface area (Å²) in [6, 6.07) is 1.67. The molecule has 0 unspecified atom stereocenters. The van der Waals surface area contributed by atoms with Gasteiger partial charge in [0.25, 0.3) is 0 Å². The van der Waals surface area contributed by atoms with Gasteiger partial charge in [-0.1, -0.05) is 0 Å². The fourth-order valence-corrected chi connectivity index (χ4v) is 1.03. The number of hydrogen-bond donors (Lipinski definition) is 2. The average molecular weight is 225 g/mol. The number of aromatic nitrogens is 2. The van der Waals surface area contributed by atoms with Crippen LogP contribution in [0.15, 0.2) is 6.07 Å². The van der Waals surface area contributed by atoms with E-state index in [1.54, 1.807) is 13.0 Å². The molecule has 0 saturated carbocycles. The summed E-state index contributed by atoms with van der Waals surface area (Å²) < 4.78 is 4.97. The van der Waals surface area contributed by atoms with Crippen molar-refractivity contribution in [1.82, 2.24) is 9.97 Å². The maximum atomic E-state index is 10.9. The van der Waals surface area contributed by atoms with Crippen LogP contribution >= 0.6 is 0 Å². The lowest BCUT2D eigenvalue weighted by molar-refractivity contribution is -0.141. The number of nitrogens with one attached hydrogen (secondary N) is 1. The van der Waals surface area contributed by atoms with E-state index in [0.717, 1.165) is 0 Å². The second-order valence-electron chi connectivity index (χ2n) is 3.93. The average Bonchev–Trinajstić information content (AvgIpc) is 2.15. The van der Waals surface area contributed by atoms with Gasteiger partial charge in [-0.15, -0.1) is 0 Å². The van der Waals surface area contributed by atoms with E-state index in [1.165, 1.54) is 21.0 Å². The fourth-order valence-electron chi connectivity index (χ4n) is 1.03. The van der Waals surface area contributed by atoms with E-state index >= 15 is 0 Å². The minimum absolute atomic E-state index is 0.240. The molecule has 88 valence electrons. The van der Waals surface area contributed by atoms with E-state index < -0.39 is 11.5 Å². The molecule has 6 nitrogen and oxygen atoms in total. The molecule has 0 aliphatic carbocycles. The van der Waals surface area contributed by atoms with Crippen molar-refractivity contribution in [3.05, 3.63) is 11.8 Å². The molecule has 0 spiro atoms. The Morgan fingerprint density at radius 1 is 1.50 bits per heavy atom. The van der Waals surface area contributed by atoms with Crippen LogP contribution in [0, 0.1) is 6.92 Å². The normalized spacial score (nSPS) is 11.0. The summed E-state index contributed by atoms with van der Waals surface area (Å²) in [5, 5.41) is 11.7. The Hall–Kier alpha value is -1.85. The highest BCUT2D eigenvalue weighted by Crippen LogP contribution is 2.15. The minimum Gasteiger partial charge on any atom is -0.481 e. The molecular weight excluding hydrogens is 210 g/mol. The van der Waals surface area contributed by atoms with Crippen LogP contribution in [0.2, 0.25) is 0 Å². The molecule has 2 N–H and O–H groups in total. The molecule has 0 bridgehead atoms. The Bertz CT molecular complexity index is 404. The van der Waals surface area contributed by atoms with Gasteiger partial charge in [0, 0.05) is 11.8 Å². The first kappa shape index (κ1) is 12.2. The highest BCUT2D eigenvalue weighted by Gasteiger charge is 2.27. The summed E-state index contributed by atoms with van der Waals surface area (Å²) in [7, 11) is 1.49. The summed E-state index contributed by atoms with van der Waals surface area (Å²) in [4.78, 5) is 19.0. The fraction of sp³-hybridized carbons (Fsp3) is 0.500. The molecule has 0 saturated heterocycles. The molecule has 1 heterocycles. The number of aliphatic carboxylic acids is 1. The van der Waals surface area contributed by atoms with Gasteiger partial charge in [-0.05, 0) is 20.8 Å². The summed E-state index contributed by atoms with van der Waals surface area (Å²) in [6.07, 6.45) is 0. The van der Waals surface area contributed by atoms with Gasteiger partial charge in [-0.3, -0.25) is 0 Å². The first-order valence-corrected chi connectivity index (χ1v) is 4.76. The Morgan fingerprint density at radius 3 is 2.62 bits per heavy atom. The van der Waals surface area contributed by atoms with Crippen molar-refractivity contribution in [2.75, 3.05) is 12.4 Å². The summed E-state index contributed by atoms with van der Waals surface area (Å²) >= 11 is 0. The van der Waals surface area contributed by atoms with Crippen molar-refractivity contribution in [1.29, 1.82) is 0 Å². The lowest BCUT2D eigenvalue weighted by Gasteiger charge is -2.21. The van der Waals surface area contributed by atoms with Crippen LogP contribution in [0.1, 0.15) is 19.5 Å². The Balaban J connectivity index is 2.97. The van der Waals surface area contributed by atoms with Crippen molar-refractivity contribution in [3.63, 3.8) is 0 Å². The van der Waals surface area contributed by atoms with Crippen molar-refractivity contribution in [2.45, 2.75) is 26.3 Å². The maximum absolute atomic E-state index is 10.9. The quantitative estimate of drug-likeness (QED) is 0.797. The van der Waals surface area contributed by atoms with Crippen molar-refractivity contribution in [2.24, 2.45) is 0 Å². The molecule has 0 aromatic carbocycles. The monoisotopic (exact) mass is 225 g/mol. The summed E-state index contributed by atoms with van der Waals surface area (Å²) in [5.74, 6) is -0.336. The molecule has 1 aromatic rings. The maximum Gasteiger partial charge on any atom is 0.328 e. The van der Waals surface area contributed by atoms with E-state index in [0.29, 0.717) is 11.6 Å². The zero-order valence-corrected chi connectivity index (χ0v) is 9.74. The van der Waals surface area contributed by atoms with Crippen LogP contribution in [0.5, 0.6) is 5.88 Å². The molecule has 16 heavy (non-hydrogen) atoms. The van der Waals surface area contributed by atoms with Crippen molar-refractivity contribution >= 4 is 11.9 Å². The van der Waals surface area contributed by atoms with Gasteiger partial charge in [-0.2, -0.15) is 4.98 Å². The van der Waals surface area contributed by atoms with E-state index in [1.807, 2.05) is 0 Å². The molecule has 0 atom stereocenters. The highest BCUT2D eigenvalue weighted by molar-refractivity contribution is 5.80. The van der Waals surface area contributed by atoms with Crippen molar-refractivity contribution in [3.8, 4) is 5.88 Å². The second-order valence-corrected chi connectivity index (χ2v) is 3.93. The van der Waals surface area contributed by atoms with E-state index in [9.17, 15) is 4.79 Å². The smallest absolute Gasteiger partial charge is 0.328 e. The zero-order valence-electron chi connectivity index (χ0n) is 9.74. The predicted molar refractivity (Wildman–Crippen MR) is 58.7 cm³/mol. The van der Waals surface area contributed by atoms with E-state index in [2.05, 4.69) is 15.3 Å². The molecule has 0 amide bonds. The van der Waals surface area contributed by atoms with Gasteiger partial charge in [-0.25, -0.2) is 9.78 Å². The number of anilines is 1. The van der Waals surface area contributed by atoms with Crippen molar-refractivity contribution < 1.29 is 14.6 Å². The number of carboxylic acids is 1. The van der Waals surface area contributed by atoms with E-state index in [4.69, 9.17) is 9.84 Å². The number of ether oxygens (including phenoxy) is 1. The summed E-state index contributed by atoms with van der Waals surface area (Å²) in [5.41, 5.74) is -0.422. The molecule has 0 fully saturated rings. The van der Waals surface area contributed by atoms with Crippen LogP contribution in [0.3, 0.4) is 0 Å². The number of aryl methyl sites for hydroxylation is 1. The largest absolute Gasteiger partial charge is 0.481 e. The lowest BCUT2D eigenvalue weighted by atomic mass is 10.1. The van der Waals surface area contributed by atoms with Crippen LogP contribution < -0.4 is 10.1 Å². The second kappa shape index (κ2) is 4.34. The third-order valence-corrected chi connectivity index (χ3v) is 2.00. The van der Waals surface area contributed by atoms with Crippen LogP contribution in [0.25, 0.3) is 0 Å². The molecule has 6 heteroatoms. The first-order valence-electron chi connectivity index (χ1n) is 4.76. The lowest BCUT2D eigenvalue weighted by Crippen LogP contribution is -2.40. The van der Waals surface area contributed by atoms with Gasteiger partial charge < -0.3 is 15.2 Å². The minimum atomic E-state index is -1.13. The highest BCUT2D eigenvalue weighted by atomic mass is 16.5. The number of rotatable bonds is 4. The van der Waals surface area contributed by atoms with Gasteiger partial charge in [0.1, 0.15) is 5.54 Å². The summed E-state index contributed by atoms with van der Waals surface area (Å²) in [6.45, 7) is 4.85. The number of carbonyl (C=O) groups is 1. The molecule has 0 aliphatic heterocycles. The van der Waals surface area contributed by atoms with Gasteiger partial charge in [0.15, 0.2) is 0 Å². The molecule has 1 rings (SSSR count). The van der Waals surface area contributed by atoms with Crippen LogP contribution in [-0.4, -0.2) is 33.7 Å². The van der Waals surface area contributed by atoms with Gasteiger partial charge in [0.05, 0.1) is 7.11 Å². The SMILES string of the molecule is COc1cc(C)nc(NC(C)(C)C(=O)O)n1. The van der Waals surface area contributed by atoms with Gasteiger partial charge >= 0.3 is 5.97 Å². The number of hydrogen-bond acceptors (Lipinski definition) is 5. The Kier molecular flexibility index (Phi) is 3.31. The predicted octanol–water partition coefficient (Wildman–Crippen LogP) is 1.07. The zero-order chi connectivity index (χ0) is 12.3. The third kappa shape index (κ3) is 2.82. The number of nitrogens with zero attached hydrogens (tertiary/aromatic N) is 2. The molecule has 0 radical (unpaired) electrons. The third-order valence-electron chi connectivity index (χ3n) is 2.00. The molecule has 0 aliphatic rings. The van der Waals surface area contributed by atoms with E-state index in [-0.39, 0.29) is 5.95 Å². The number of methoxy groups -OCH3 is 1. The molecular formula is C10H15N3O3. The number of carboxylic acid groups (broad SMARTS) is 1. The molecule has 1 aromatic heterocycles. The standard InChI is InChI=1S/C10H15N3O3/c1-6-5-7(16-4)12-9(11-6)13-10(2,3)8(14)15/h5H,1-4H3,(H,14,15)(H,11,12,13). The van der Waals surface area contributed by atoms with Gasteiger partial charge in [0.2, 0.25) is 11.8 Å². The first-order chi connectivity index (χ1) is 7.35.